The quantitative estimate of drug-likeness (QED) is 0.256. The lowest BCUT2D eigenvalue weighted by atomic mass is 9.83. The van der Waals surface area contributed by atoms with Crippen molar-refractivity contribution in [3.8, 4) is 33.8 Å². The van der Waals surface area contributed by atoms with Crippen molar-refractivity contribution in [2.24, 2.45) is 0 Å². The number of hydrogen-bond acceptors (Lipinski definition) is 2. The minimum atomic E-state index is 0.852. The van der Waals surface area contributed by atoms with E-state index >= 15 is 0 Å². The average Bonchev–Trinajstić information content (AvgIpc) is 2.92. The van der Waals surface area contributed by atoms with Crippen molar-refractivity contribution in [2.75, 3.05) is 14.2 Å². The zero-order chi connectivity index (χ0) is 23.1. The summed E-state index contributed by atoms with van der Waals surface area (Å²) < 4.78 is 10.9. The first-order valence-corrected chi connectivity index (χ1v) is 11.4. The Balaban J connectivity index is 1.85. The summed E-state index contributed by atoms with van der Waals surface area (Å²) in [5.41, 5.74) is 4.79. The van der Waals surface area contributed by atoms with Crippen LogP contribution in [0.5, 0.6) is 11.5 Å². The first-order valence-electron chi connectivity index (χ1n) is 11.4. The molecule has 0 radical (unpaired) electrons. The third-order valence-electron chi connectivity index (χ3n) is 6.67. The Morgan fingerprint density at radius 2 is 0.941 bits per heavy atom. The normalized spacial score (nSPS) is 11.2. The summed E-state index contributed by atoms with van der Waals surface area (Å²) >= 11 is 0. The second-order valence-electron chi connectivity index (χ2n) is 8.46. The van der Waals surface area contributed by atoms with Crippen LogP contribution >= 0.6 is 0 Å². The Labute approximate surface area is 199 Å². The Hall–Kier alpha value is -4.30. The van der Waals surface area contributed by atoms with Crippen LogP contribution in [0.2, 0.25) is 0 Å². The molecule has 0 fully saturated rings. The zero-order valence-corrected chi connectivity index (χ0v) is 19.2. The van der Waals surface area contributed by atoms with E-state index < -0.39 is 0 Å². The van der Waals surface area contributed by atoms with Gasteiger partial charge >= 0.3 is 0 Å². The van der Waals surface area contributed by atoms with E-state index in [0.29, 0.717) is 0 Å². The van der Waals surface area contributed by atoms with Crippen molar-refractivity contribution in [2.45, 2.75) is 0 Å². The molecule has 0 saturated heterocycles. The molecule has 2 nitrogen and oxygen atoms in total. The van der Waals surface area contributed by atoms with E-state index in [1.165, 1.54) is 49.0 Å². The standard InChI is InChI=1S/C32H24O2/c1-33-24-16-11-22(12-17-24)30-28-10-6-5-9-27(28)29-20-15-21-7-3-4-8-26(21)32(29)31(30)23-13-18-25(34-2)19-14-23/h3-20H,1-2H3. The monoisotopic (exact) mass is 440 g/mol. The van der Waals surface area contributed by atoms with Crippen LogP contribution in [-0.4, -0.2) is 14.2 Å². The molecule has 0 spiro atoms. The van der Waals surface area contributed by atoms with E-state index in [1.807, 2.05) is 24.3 Å². The Bertz CT molecular complexity index is 1640. The summed E-state index contributed by atoms with van der Waals surface area (Å²) in [6.07, 6.45) is 0. The fourth-order valence-corrected chi connectivity index (χ4v) is 5.06. The summed E-state index contributed by atoms with van der Waals surface area (Å²) in [5.74, 6) is 1.70. The van der Waals surface area contributed by atoms with E-state index in [9.17, 15) is 0 Å². The van der Waals surface area contributed by atoms with Gasteiger partial charge < -0.3 is 9.47 Å². The third kappa shape index (κ3) is 3.19. The fraction of sp³-hybridized carbons (Fsp3) is 0.0625. The van der Waals surface area contributed by atoms with Gasteiger partial charge in [-0.1, -0.05) is 84.9 Å². The highest BCUT2D eigenvalue weighted by Crippen LogP contribution is 2.47. The third-order valence-corrected chi connectivity index (χ3v) is 6.67. The minimum absolute atomic E-state index is 0.852. The van der Waals surface area contributed by atoms with Gasteiger partial charge in [0.2, 0.25) is 0 Å². The molecule has 6 rings (SSSR count). The molecule has 2 heteroatoms. The van der Waals surface area contributed by atoms with Crippen LogP contribution in [0.4, 0.5) is 0 Å². The van der Waals surface area contributed by atoms with Gasteiger partial charge in [-0.15, -0.1) is 0 Å². The Morgan fingerprint density at radius 1 is 0.412 bits per heavy atom. The molecule has 0 heterocycles. The lowest BCUT2D eigenvalue weighted by molar-refractivity contribution is 0.414. The molecule has 34 heavy (non-hydrogen) atoms. The van der Waals surface area contributed by atoms with Gasteiger partial charge in [-0.2, -0.15) is 0 Å². The zero-order valence-electron chi connectivity index (χ0n) is 19.2. The van der Waals surface area contributed by atoms with E-state index in [0.717, 1.165) is 17.1 Å². The number of benzene rings is 6. The van der Waals surface area contributed by atoms with Gasteiger partial charge in [0.15, 0.2) is 0 Å². The lowest BCUT2D eigenvalue weighted by Gasteiger charge is -2.20. The summed E-state index contributed by atoms with van der Waals surface area (Å²) in [4.78, 5) is 0. The summed E-state index contributed by atoms with van der Waals surface area (Å²) in [5, 5.41) is 7.52. The van der Waals surface area contributed by atoms with Crippen LogP contribution < -0.4 is 9.47 Å². The molecule has 0 aliphatic carbocycles. The molecule has 0 atom stereocenters. The maximum absolute atomic E-state index is 5.46. The number of ether oxygens (including phenoxy) is 2. The predicted octanol–water partition coefficient (Wildman–Crippen LogP) is 8.50. The van der Waals surface area contributed by atoms with Gasteiger partial charge in [-0.25, -0.2) is 0 Å². The highest BCUT2D eigenvalue weighted by molar-refractivity contribution is 6.28. The predicted molar refractivity (Wildman–Crippen MR) is 143 cm³/mol. The first kappa shape index (κ1) is 20.3. The molecule has 0 aromatic heterocycles. The van der Waals surface area contributed by atoms with E-state index in [4.69, 9.17) is 9.47 Å². The number of rotatable bonds is 4. The number of hydrogen-bond donors (Lipinski definition) is 0. The largest absolute Gasteiger partial charge is 0.497 e. The smallest absolute Gasteiger partial charge is 0.118 e. The molecule has 0 unspecified atom stereocenters. The molecule has 0 aliphatic heterocycles. The van der Waals surface area contributed by atoms with Crippen LogP contribution in [0.25, 0.3) is 54.6 Å². The van der Waals surface area contributed by atoms with Crippen molar-refractivity contribution in [1.29, 1.82) is 0 Å². The average molecular weight is 441 g/mol. The molecular formula is C32H24O2. The van der Waals surface area contributed by atoms with Crippen LogP contribution in [0.3, 0.4) is 0 Å². The highest BCUT2D eigenvalue weighted by atomic mass is 16.5. The summed E-state index contributed by atoms with van der Waals surface area (Å²) in [6.45, 7) is 0. The summed E-state index contributed by atoms with van der Waals surface area (Å²) in [6, 6.07) is 38.7. The Morgan fingerprint density at radius 3 is 1.56 bits per heavy atom. The fourth-order valence-electron chi connectivity index (χ4n) is 5.06. The van der Waals surface area contributed by atoms with Crippen LogP contribution in [0.1, 0.15) is 0 Å². The van der Waals surface area contributed by atoms with Crippen molar-refractivity contribution >= 4 is 32.3 Å². The minimum Gasteiger partial charge on any atom is -0.497 e. The van der Waals surface area contributed by atoms with Crippen LogP contribution in [0.15, 0.2) is 109 Å². The molecule has 0 saturated carbocycles. The molecule has 6 aromatic rings. The number of fused-ring (bicyclic) bond motifs is 5. The molecule has 164 valence electrons. The van der Waals surface area contributed by atoms with E-state index in [-0.39, 0.29) is 0 Å². The maximum atomic E-state index is 5.46. The van der Waals surface area contributed by atoms with E-state index in [1.54, 1.807) is 14.2 Å². The summed E-state index contributed by atoms with van der Waals surface area (Å²) in [7, 11) is 3.41. The molecule has 6 aromatic carbocycles. The van der Waals surface area contributed by atoms with Gasteiger partial charge in [-0.05, 0) is 78.8 Å². The van der Waals surface area contributed by atoms with E-state index in [2.05, 4.69) is 84.9 Å². The molecular weight excluding hydrogens is 416 g/mol. The van der Waals surface area contributed by atoms with Gasteiger partial charge in [-0.3, -0.25) is 0 Å². The van der Waals surface area contributed by atoms with Gasteiger partial charge in [0.25, 0.3) is 0 Å². The second kappa shape index (κ2) is 8.24. The molecule has 0 bridgehead atoms. The SMILES string of the molecule is COc1ccc(-c2c(-c3ccc(OC)cc3)c3c4ccccc4ccc3c3ccccc23)cc1. The lowest BCUT2D eigenvalue weighted by Crippen LogP contribution is -1.93. The molecule has 0 aliphatic rings. The highest BCUT2D eigenvalue weighted by Gasteiger charge is 2.19. The van der Waals surface area contributed by atoms with Gasteiger partial charge in [0.1, 0.15) is 11.5 Å². The maximum Gasteiger partial charge on any atom is 0.118 e. The van der Waals surface area contributed by atoms with Crippen molar-refractivity contribution in [3.63, 3.8) is 0 Å². The topological polar surface area (TPSA) is 18.5 Å². The van der Waals surface area contributed by atoms with Crippen molar-refractivity contribution in [1.82, 2.24) is 0 Å². The van der Waals surface area contributed by atoms with Crippen LogP contribution in [-0.2, 0) is 0 Å². The Kier molecular flexibility index (Phi) is 4.92. The van der Waals surface area contributed by atoms with Gasteiger partial charge in [0, 0.05) is 0 Å². The van der Waals surface area contributed by atoms with Crippen LogP contribution in [0, 0.1) is 0 Å². The number of methoxy groups -OCH3 is 2. The van der Waals surface area contributed by atoms with Crippen molar-refractivity contribution in [3.05, 3.63) is 109 Å². The molecule has 0 amide bonds. The van der Waals surface area contributed by atoms with Gasteiger partial charge in [0.05, 0.1) is 14.2 Å². The van der Waals surface area contributed by atoms with Crippen molar-refractivity contribution < 1.29 is 9.47 Å². The second-order valence-corrected chi connectivity index (χ2v) is 8.46. The molecule has 0 N–H and O–H groups in total. The first-order chi connectivity index (χ1) is 16.8.